The van der Waals surface area contributed by atoms with Gasteiger partial charge >= 0.3 is 0 Å². The summed E-state index contributed by atoms with van der Waals surface area (Å²) in [6.07, 6.45) is 1.62. The van der Waals surface area contributed by atoms with Crippen LogP contribution in [0.3, 0.4) is 0 Å². The maximum Gasteiger partial charge on any atom is 0.180 e. The number of nitrogens with one attached hydrogen (secondary N) is 1. The molecule has 2 aromatic rings. The van der Waals surface area contributed by atoms with Gasteiger partial charge in [-0.2, -0.15) is 0 Å². The van der Waals surface area contributed by atoms with Gasteiger partial charge in [0.1, 0.15) is 11.6 Å². The Labute approximate surface area is 164 Å². The molecule has 0 bridgehead atoms. The molecule has 5 nitrogen and oxygen atoms in total. The van der Waals surface area contributed by atoms with Gasteiger partial charge in [-0.15, -0.1) is 0 Å². The minimum absolute atomic E-state index is 0.139. The van der Waals surface area contributed by atoms with Crippen LogP contribution in [0.25, 0.3) is 11.1 Å². The lowest BCUT2D eigenvalue weighted by atomic mass is 9.88. The van der Waals surface area contributed by atoms with E-state index in [0.717, 1.165) is 37.3 Å². The minimum Gasteiger partial charge on any atom is -0.497 e. The molecule has 0 spiro atoms. The summed E-state index contributed by atoms with van der Waals surface area (Å²) >= 11 is 0. The van der Waals surface area contributed by atoms with E-state index in [2.05, 4.69) is 10.2 Å². The number of sulfone groups is 1. The average molecular weight is 402 g/mol. The Hall–Kier alpha value is -2.12. The number of benzene rings is 2. The van der Waals surface area contributed by atoms with E-state index < -0.39 is 15.7 Å². The van der Waals surface area contributed by atoms with E-state index in [4.69, 9.17) is 4.74 Å². The van der Waals surface area contributed by atoms with Crippen LogP contribution in [0.4, 0.5) is 10.1 Å². The number of methoxy groups -OCH3 is 1. The Bertz CT molecular complexity index is 1050. The van der Waals surface area contributed by atoms with Gasteiger partial charge in [0.15, 0.2) is 9.84 Å². The van der Waals surface area contributed by atoms with Crippen molar-refractivity contribution in [2.45, 2.75) is 29.7 Å². The Balaban J connectivity index is 1.75. The van der Waals surface area contributed by atoms with Gasteiger partial charge in [-0.3, -0.25) is 0 Å². The fourth-order valence-electron chi connectivity index (χ4n) is 4.98. The Morgan fingerprint density at radius 2 is 2.11 bits per heavy atom. The molecule has 28 heavy (non-hydrogen) atoms. The number of hydrogen-bond acceptors (Lipinski definition) is 5. The smallest absolute Gasteiger partial charge is 0.180 e. The van der Waals surface area contributed by atoms with Crippen LogP contribution in [-0.2, 0) is 9.84 Å². The van der Waals surface area contributed by atoms with Crippen LogP contribution < -0.4 is 15.0 Å². The third-order valence-corrected chi connectivity index (χ3v) is 8.08. The summed E-state index contributed by atoms with van der Waals surface area (Å²) in [6.45, 7) is 2.52. The number of nitrogens with zero attached hydrogens (tertiary/aromatic N) is 1. The number of ether oxygens (including phenoxy) is 1. The van der Waals surface area contributed by atoms with Gasteiger partial charge in [-0.05, 0) is 54.8 Å². The fourth-order valence-corrected chi connectivity index (χ4v) is 6.55. The van der Waals surface area contributed by atoms with E-state index in [1.807, 2.05) is 6.07 Å². The molecule has 2 atom stereocenters. The summed E-state index contributed by atoms with van der Waals surface area (Å²) in [5.41, 5.74) is 2.91. The largest absolute Gasteiger partial charge is 0.497 e. The predicted molar refractivity (Wildman–Crippen MR) is 106 cm³/mol. The molecule has 3 aliphatic heterocycles. The monoisotopic (exact) mass is 402 g/mol. The van der Waals surface area contributed by atoms with Crippen molar-refractivity contribution in [3.8, 4) is 16.9 Å². The predicted octanol–water partition coefficient (Wildman–Crippen LogP) is 2.94. The van der Waals surface area contributed by atoms with E-state index in [9.17, 15) is 12.8 Å². The van der Waals surface area contributed by atoms with Crippen LogP contribution in [-0.4, -0.2) is 47.0 Å². The average Bonchev–Trinajstić information content (AvgIpc) is 2.93. The number of halogens is 1. The molecular formula is C21H23FN2O3S. The molecule has 0 aliphatic carbocycles. The highest BCUT2D eigenvalue weighted by Gasteiger charge is 2.44. The zero-order valence-corrected chi connectivity index (χ0v) is 16.6. The lowest BCUT2D eigenvalue weighted by molar-refractivity contribution is 0.403. The van der Waals surface area contributed by atoms with Gasteiger partial charge in [0.25, 0.3) is 0 Å². The first kappa shape index (κ1) is 17.9. The summed E-state index contributed by atoms with van der Waals surface area (Å²) in [6, 6.07) is 8.69. The molecule has 1 N–H and O–H groups in total. The highest BCUT2D eigenvalue weighted by atomic mass is 32.2. The van der Waals surface area contributed by atoms with Crippen molar-refractivity contribution in [2.24, 2.45) is 0 Å². The Morgan fingerprint density at radius 1 is 1.25 bits per heavy atom. The highest BCUT2D eigenvalue weighted by molar-refractivity contribution is 7.91. The van der Waals surface area contributed by atoms with E-state index in [0.29, 0.717) is 34.2 Å². The molecule has 148 valence electrons. The normalized spacial score (nSPS) is 25.0. The number of rotatable bonds is 2. The van der Waals surface area contributed by atoms with Crippen molar-refractivity contribution < 1.29 is 17.5 Å². The molecule has 5 rings (SSSR count). The van der Waals surface area contributed by atoms with Crippen molar-refractivity contribution in [1.29, 1.82) is 0 Å². The summed E-state index contributed by atoms with van der Waals surface area (Å²) in [5, 5.41) is 3.44. The molecule has 0 saturated carbocycles. The molecule has 0 aromatic heterocycles. The summed E-state index contributed by atoms with van der Waals surface area (Å²) in [4.78, 5) is 2.66. The van der Waals surface area contributed by atoms with Gasteiger partial charge in [0, 0.05) is 36.7 Å². The van der Waals surface area contributed by atoms with Crippen LogP contribution >= 0.6 is 0 Å². The van der Waals surface area contributed by atoms with Gasteiger partial charge < -0.3 is 15.0 Å². The van der Waals surface area contributed by atoms with E-state index in [1.165, 1.54) is 13.2 Å². The first-order chi connectivity index (χ1) is 13.5. The van der Waals surface area contributed by atoms with Crippen molar-refractivity contribution in [3.63, 3.8) is 0 Å². The molecule has 0 radical (unpaired) electrons. The minimum atomic E-state index is -3.40. The summed E-state index contributed by atoms with van der Waals surface area (Å²) < 4.78 is 45.9. The SMILES string of the molecule is COc1ccc(-c2cc3c4c(c2)S(=O)(=O)CCCN4[C@H]2CCNC[C@@H]32)c(F)c1. The number of fused-ring (bicyclic) bond motifs is 3. The molecule has 0 unspecified atom stereocenters. The zero-order chi connectivity index (χ0) is 19.5. The second-order valence-corrected chi connectivity index (χ2v) is 9.87. The molecule has 7 heteroatoms. The maximum atomic E-state index is 14.8. The number of piperidine rings is 1. The molecule has 2 aromatic carbocycles. The van der Waals surface area contributed by atoms with E-state index >= 15 is 0 Å². The molecule has 3 aliphatic rings. The van der Waals surface area contributed by atoms with Crippen LogP contribution in [0.2, 0.25) is 0 Å². The van der Waals surface area contributed by atoms with E-state index in [1.54, 1.807) is 18.2 Å². The van der Waals surface area contributed by atoms with Crippen LogP contribution in [0.15, 0.2) is 35.2 Å². The number of anilines is 1. The zero-order valence-electron chi connectivity index (χ0n) is 15.7. The Morgan fingerprint density at radius 3 is 2.89 bits per heavy atom. The topological polar surface area (TPSA) is 58.6 Å². The fraction of sp³-hybridized carbons (Fsp3) is 0.429. The van der Waals surface area contributed by atoms with Crippen molar-refractivity contribution in [3.05, 3.63) is 41.7 Å². The molecule has 0 amide bonds. The Kier molecular flexibility index (Phi) is 4.14. The second kappa shape index (κ2) is 6.46. The molecule has 1 fully saturated rings. The van der Waals surface area contributed by atoms with Crippen LogP contribution in [0, 0.1) is 5.82 Å². The van der Waals surface area contributed by atoms with Gasteiger partial charge in [0.05, 0.1) is 23.4 Å². The van der Waals surface area contributed by atoms with Crippen molar-refractivity contribution in [2.75, 3.05) is 37.4 Å². The lowest BCUT2D eigenvalue weighted by Gasteiger charge is -2.33. The van der Waals surface area contributed by atoms with Crippen molar-refractivity contribution >= 4 is 15.5 Å². The summed E-state index contributed by atoms with van der Waals surface area (Å²) in [5.74, 6) is 0.402. The van der Waals surface area contributed by atoms with Crippen molar-refractivity contribution in [1.82, 2.24) is 5.32 Å². The van der Waals surface area contributed by atoms with Gasteiger partial charge in [0.2, 0.25) is 0 Å². The lowest BCUT2D eigenvalue weighted by Crippen LogP contribution is -2.44. The summed E-state index contributed by atoms with van der Waals surface area (Å²) in [7, 11) is -1.91. The first-order valence-electron chi connectivity index (χ1n) is 9.71. The molecule has 1 saturated heterocycles. The van der Waals surface area contributed by atoms with Gasteiger partial charge in [-0.25, -0.2) is 12.8 Å². The van der Waals surface area contributed by atoms with Gasteiger partial charge in [-0.1, -0.05) is 0 Å². The molecular weight excluding hydrogens is 379 g/mol. The molecule has 3 heterocycles. The quantitative estimate of drug-likeness (QED) is 0.837. The highest BCUT2D eigenvalue weighted by Crippen LogP contribution is 2.49. The van der Waals surface area contributed by atoms with Crippen LogP contribution in [0.1, 0.15) is 24.3 Å². The first-order valence-corrected chi connectivity index (χ1v) is 11.4. The number of hydrogen-bond donors (Lipinski definition) is 1. The van der Waals surface area contributed by atoms with E-state index in [-0.39, 0.29) is 11.7 Å². The third-order valence-electron chi connectivity index (χ3n) is 6.27. The maximum absolute atomic E-state index is 14.8. The van der Waals surface area contributed by atoms with Crippen LogP contribution in [0.5, 0.6) is 5.75 Å². The second-order valence-electron chi connectivity index (χ2n) is 7.79. The third kappa shape index (κ3) is 2.63. The standard InChI is InChI=1S/C21H23FN2O3S/c1-27-14-3-4-15(18(22)11-14)13-9-16-17-12-23-6-5-19(17)24-7-2-8-28(25,26)20(10-13)21(16)24/h3-4,9-11,17,19,23H,2,5-8,12H2,1H3/t17-,19-/m0/s1.